The summed E-state index contributed by atoms with van der Waals surface area (Å²) in [5.41, 5.74) is 1.50. The molecule has 130 valence electrons. The molecule has 2 rings (SSSR count). The number of thiophene rings is 1. The van der Waals surface area contributed by atoms with E-state index in [1.165, 1.54) is 24.3 Å². The normalized spacial score (nSPS) is 13.1. The lowest BCUT2D eigenvalue weighted by Crippen LogP contribution is -2.35. The van der Waals surface area contributed by atoms with Crippen molar-refractivity contribution >= 4 is 27.0 Å². The number of nitro groups is 1. The summed E-state index contributed by atoms with van der Waals surface area (Å²) in [6.07, 6.45) is 0. The van der Waals surface area contributed by atoms with Crippen LogP contribution in [-0.2, 0) is 15.8 Å². The second-order valence-corrected chi connectivity index (χ2v) is 8.15. The molecule has 0 aliphatic rings. The van der Waals surface area contributed by atoms with Crippen LogP contribution in [0.25, 0.3) is 0 Å². The minimum absolute atomic E-state index is 0.0529. The molecule has 9 heteroatoms. The van der Waals surface area contributed by atoms with Gasteiger partial charge in [0, 0.05) is 24.7 Å². The Bertz CT molecular complexity index is 772. The molecule has 1 heterocycles. The fourth-order valence-corrected chi connectivity index (χ4v) is 4.11. The van der Waals surface area contributed by atoms with Crippen LogP contribution in [0.5, 0.6) is 0 Å². The summed E-state index contributed by atoms with van der Waals surface area (Å²) in [6.45, 7) is 0.263. The van der Waals surface area contributed by atoms with E-state index in [4.69, 9.17) is 0 Å². The van der Waals surface area contributed by atoms with Gasteiger partial charge in [0.05, 0.1) is 10.7 Å². The van der Waals surface area contributed by atoms with E-state index in [9.17, 15) is 18.5 Å². The van der Waals surface area contributed by atoms with Crippen LogP contribution >= 0.6 is 11.3 Å². The highest BCUT2D eigenvalue weighted by atomic mass is 32.2. The van der Waals surface area contributed by atoms with Gasteiger partial charge in [-0.05, 0) is 42.0 Å². The highest BCUT2D eigenvalue weighted by Crippen LogP contribution is 2.20. The van der Waals surface area contributed by atoms with Gasteiger partial charge < -0.3 is 4.90 Å². The first-order valence-corrected chi connectivity index (χ1v) is 9.77. The van der Waals surface area contributed by atoms with Crippen LogP contribution in [-0.4, -0.2) is 38.9 Å². The zero-order valence-electron chi connectivity index (χ0n) is 13.4. The summed E-state index contributed by atoms with van der Waals surface area (Å²) in [5.74, 6) is -0.214. The third-order valence-electron chi connectivity index (χ3n) is 3.55. The standard InChI is InChI=1S/C15H19N3O4S2/c1-17(2)15(13-7-8-23-10-13)9-16-24(21,22)11-12-3-5-14(6-4-12)18(19)20/h3-8,10,15-16H,9,11H2,1-2H3. The van der Waals surface area contributed by atoms with E-state index in [0.29, 0.717) is 5.56 Å². The third kappa shape index (κ3) is 5.10. The summed E-state index contributed by atoms with van der Waals surface area (Å²) in [6, 6.07) is 7.44. The van der Waals surface area contributed by atoms with E-state index in [-0.39, 0.29) is 24.0 Å². The maximum absolute atomic E-state index is 12.3. The molecule has 0 saturated heterocycles. The number of nitro benzene ring substituents is 1. The predicted molar refractivity (Wildman–Crippen MR) is 94.5 cm³/mol. The van der Waals surface area contributed by atoms with Crippen molar-refractivity contribution in [1.29, 1.82) is 0 Å². The van der Waals surface area contributed by atoms with Gasteiger partial charge in [-0.15, -0.1) is 0 Å². The van der Waals surface area contributed by atoms with Gasteiger partial charge in [-0.3, -0.25) is 10.1 Å². The molecule has 7 nitrogen and oxygen atoms in total. The average molecular weight is 369 g/mol. The van der Waals surface area contributed by atoms with Gasteiger partial charge in [0.15, 0.2) is 0 Å². The van der Waals surface area contributed by atoms with Crippen molar-refractivity contribution in [3.05, 3.63) is 62.3 Å². The maximum Gasteiger partial charge on any atom is 0.269 e. The van der Waals surface area contributed by atoms with Gasteiger partial charge in [0.1, 0.15) is 0 Å². The third-order valence-corrected chi connectivity index (χ3v) is 5.57. The number of likely N-dealkylation sites (N-methyl/N-ethyl adjacent to an activating group) is 1. The second-order valence-electron chi connectivity index (χ2n) is 5.57. The molecule has 0 aliphatic heterocycles. The lowest BCUT2D eigenvalue weighted by molar-refractivity contribution is -0.384. The SMILES string of the molecule is CN(C)C(CNS(=O)(=O)Cc1ccc([N+](=O)[O-])cc1)c1ccsc1. The molecule has 1 N–H and O–H groups in total. The average Bonchev–Trinajstić information content (AvgIpc) is 3.01. The molecule has 1 unspecified atom stereocenters. The zero-order valence-corrected chi connectivity index (χ0v) is 15.0. The molecular weight excluding hydrogens is 350 g/mol. The van der Waals surface area contributed by atoms with E-state index in [1.807, 2.05) is 35.8 Å². The molecule has 1 aromatic carbocycles. The number of sulfonamides is 1. The first kappa shape index (κ1) is 18.5. The van der Waals surface area contributed by atoms with Gasteiger partial charge in [-0.1, -0.05) is 12.1 Å². The molecule has 1 aromatic heterocycles. The lowest BCUT2D eigenvalue weighted by Gasteiger charge is -2.24. The number of rotatable bonds is 8. The minimum Gasteiger partial charge on any atom is -0.301 e. The van der Waals surface area contributed by atoms with Crippen LogP contribution in [0, 0.1) is 10.1 Å². The molecule has 0 saturated carbocycles. The molecule has 1 atom stereocenters. The summed E-state index contributed by atoms with van der Waals surface area (Å²) in [5, 5.41) is 14.6. The quantitative estimate of drug-likeness (QED) is 0.570. The van der Waals surface area contributed by atoms with Crippen LogP contribution < -0.4 is 4.72 Å². The second kappa shape index (κ2) is 7.84. The molecule has 0 amide bonds. The highest BCUT2D eigenvalue weighted by Gasteiger charge is 2.19. The Morgan fingerprint density at radius 3 is 2.42 bits per heavy atom. The Kier molecular flexibility index (Phi) is 6.05. The predicted octanol–water partition coefficient (Wildman–Crippen LogP) is 2.38. The van der Waals surface area contributed by atoms with E-state index in [1.54, 1.807) is 11.3 Å². The monoisotopic (exact) mass is 369 g/mol. The highest BCUT2D eigenvalue weighted by molar-refractivity contribution is 7.88. The molecule has 2 aromatic rings. The fourth-order valence-electron chi connectivity index (χ4n) is 2.25. The van der Waals surface area contributed by atoms with E-state index >= 15 is 0 Å². The Balaban J connectivity index is 2.01. The van der Waals surface area contributed by atoms with Gasteiger partial charge >= 0.3 is 0 Å². The molecule has 24 heavy (non-hydrogen) atoms. The molecular formula is C15H19N3O4S2. The molecule has 0 fully saturated rings. The number of hydrogen-bond donors (Lipinski definition) is 1. The number of nitrogens with zero attached hydrogens (tertiary/aromatic N) is 2. The Morgan fingerprint density at radius 1 is 1.25 bits per heavy atom. The van der Waals surface area contributed by atoms with Gasteiger partial charge in [-0.25, -0.2) is 13.1 Å². The molecule has 0 spiro atoms. The van der Waals surface area contributed by atoms with Crippen LogP contribution in [0.2, 0.25) is 0 Å². The summed E-state index contributed by atoms with van der Waals surface area (Å²) in [4.78, 5) is 12.1. The Morgan fingerprint density at radius 2 is 1.92 bits per heavy atom. The van der Waals surface area contributed by atoms with Crippen LogP contribution in [0.15, 0.2) is 41.1 Å². The number of non-ortho nitro benzene ring substituents is 1. The van der Waals surface area contributed by atoms with Crippen molar-refractivity contribution in [2.75, 3.05) is 20.6 Å². The lowest BCUT2D eigenvalue weighted by atomic mass is 10.1. The van der Waals surface area contributed by atoms with Crippen molar-refractivity contribution < 1.29 is 13.3 Å². The van der Waals surface area contributed by atoms with Crippen molar-refractivity contribution in [3.63, 3.8) is 0 Å². The van der Waals surface area contributed by atoms with Gasteiger partial charge in [0.25, 0.3) is 5.69 Å². The van der Waals surface area contributed by atoms with Crippen LogP contribution in [0.3, 0.4) is 0 Å². The van der Waals surface area contributed by atoms with E-state index in [0.717, 1.165) is 5.56 Å². The van der Waals surface area contributed by atoms with Crippen molar-refractivity contribution in [3.8, 4) is 0 Å². The topological polar surface area (TPSA) is 92.6 Å². The van der Waals surface area contributed by atoms with Crippen molar-refractivity contribution in [2.45, 2.75) is 11.8 Å². The number of benzene rings is 1. The first-order chi connectivity index (χ1) is 11.3. The number of nitrogens with one attached hydrogen (secondary N) is 1. The maximum atomic E-state index is 12.3. The largest absolute Gasteiger partial charge is 0.301 e. The molecule has 0 bridgehead atoms. The summed E-state index contributed by atoms with van der Waals surface area (Å²) in [7, 11) is 0.261. The molecule has 0 radical (unpaired) electrons. The van der Waals surface area contributed by atoms with Crippen LogP contribution in [0.1, 0.15) is 17.2 Å². The van der Waals surface area contributed by atoms with Gasteiger partial charge in [0.2, 0.25) is 10.0 Å². The zero-order chi connectivity index (χ0) is 17.7. The van der Waals surface area contributed by atoms with E-state index < -0.39 is 14.9 Å². The van der Waals surface area contributed by atoms with Crippen molar-refractivity contribution in [2.24, 2.45) is 0 Å². The van der Waals surface area contributed by atoms with Gasteiger partial charge in [-0.2, -0.15) is 11.3 Å². The van der Waals surface area contributed by atoms with Crippen molar-refractivity contribution in [1.82, 2.24) is 9.62 Å². The van der Waals surface area contributed by atoms with Crippen LogP contribution in [0.4, 0.5) is 5.69 Å². The smallest absolute Gasteiger partial charge is 0.269 e. The summed E-state index contributed by atoms with van der Waals surface area (Å²) < 4.78 is 27.1. The number of hydrogen-bond acceptors (Lipinski definition) is 6. The Labute approximate surface area is 145 Å². The minimum atomic E-state index is -3.53. The fraction of sp³-hybridized carbons (Fsp3) is 0.333. The first-order valence-electron chi connectivity index (χ1n) is 7.17. The summed E-state index contributed by atoms with van der Waals surface area (Å²) >= 11 is 1.57. The van der Waals surface area contributed by atoms with E-state index in [2.05, 4.69) is 4.72 Å². The molecule has 0 aliphatic carbocycles. The Hall–Kier alpha value is -1.81.